The van der Waals surface area contributed by atoms with Crippen LogP contribution in [0.1, 0.15) is 0 Å². The van der Waals surface area contributed by atoms with Gasteiger partial charge in [-0.3, -0.25) is 0 Å². The fourth-order valence-corrected chi connectivity index (χ4v) is 5.13. The molecule has 0 saturated carbocycles. The van der Waals surface area contributed by atoms with Gasteiger partial charge in [-0.25, -0.2) is 0 Å². The van der Waals surface area contributed by atoms with E-state index in [4.69, 9.17) is 0 Å². The second kappa shape index (κ2) is 4.37. The Morgan fingerprint density at radius 2 is 1.42 bits per heavy atom. The van der Waals surface area contributed by atoms with Crippen LogP contribution in [0.4, 0.5) is 0 Å². The molecule has 2 heteroatoms. The van der Waals surface area contributed by atoms with E-state index in [1.807, 2.05) is 11.3 Å². The molecular formula is C22H13NS. The van der Waals surface area contributed by atoms with Gasteiger partial charge in [0.25, 0.3) is 0 Å². The Morgan fingerprint density at radius 3 is 2.38 bits per heavy atom. The molecule has 0 spiro atoms. The van der Waals surface area contributed by atoms with Crippen LogP contribution in [0.2, 0.25) is 0 Å². The number of aromatic nitrogens is 1. The molecule has 1 N–H and O–H groups in total. The van der Waals surface area contributed by atoms with E-state index in [2.05, 4.69) is 77.8 Å². The normalized spacial score (nSPS) is 12.2. The monoisotopic (exact) mass is 323 g/mol. The van der Waals surface area contributed by atoms with Gasteiger partial charge in [-0.2, -0.15) is 0 Å². The molecule has 6 rings (SSSR count). The summed E-state index contributed by atoms with van der Waals surface area (Å²) < 4.78 is 2.71. The number of hydrogen-bond donors (Lipinski definition) is 1. The van der Waals surface area contributed by atoms with Crippen LogP contribution >= 0.6 is 11.3 Å². The Kier molecular flexibility index (Phi) is 2.29. The van der Waals surface area contributed by atoms with E-state index >= 15 is 0 Å². The van der Waals surface area contributed by atoms with E-state index in [1.165, 1.54) is 52.8 Å². The van der Waals surface area contributed by atoms with Crippen molar-refractivity contribution in [2.75, 3.05) is 0 Å². The van der Waals surface area contributed by atoms with E-state index < -0.39 is 0 Å². The third-order valence-electron chi connectivity index (χ3n) is 5.00. The minimum absolute atomic E-state index is 1.22. The molecule has 0 radical (unpaired) electrons. The number of thiophene rings is 1. The Balaban J connectivity index is 1.90. The number of H-pyrrole nitrogens is 1. The maximum atomic E-state index is 3.68. The lowest BCUT2D eigenvalue weighted by Gasteiger charge is -2.00. The average molecular weight is 323 g/mol. The molecule has 0 fully saturated rings. The van der Waals surface area contributed by atoms with Crippen molar-refractivity contribution in [3.8, 4) is 0 Å². The summed E-state index contributed by atoms with van der Waals surface area (Å²) in [5.74, 6) is 0. The van der Waals surface area contributed by atoms with Gasteiger partial charge in [-0.05, 0) is 22.9 Å². The Morgan fingerprint density at radius 1 is 0.625 bits per heavy atom. The van der Waals surface area contributed by atoms with E-state index in [-0.39, 0.29) is 0 Å². The fraction of sp³-hybridized carbons (Fsp3) is 0. The number of fused-ring (bicyclic) bond motifs is 9. The molecule has 24 heavy (non-hydrogen) atoms. The number of hydrogen-bond acceptors (Lipinski definition) is 1. The van der Waals surface area contributed by atoms with Crippen LogP contribution in [0.3, 0.4) is 0 Å². The molecule has 1 nitrogen and oxygen atoms in total. The van der Waals surface area contributed by atoms with Crippen molar-refractivity contribution in [2.24, 2.45) is 0 Å². The first-order valence-corrected chi connectivity index (χ1v) is 8.95. The smallest absolute Gasteiger partial charge is 0.0646 e. The number of nitrogens with one attached hydrogen (secondary N) is 1. The van der Waals surface area contributed by atoms with Crippen molar-refractivity contribution < 1.29 is 0 Å². The average Bonchev–Trinajstić information content (AvgIpc) is 3.20. The first kappa shape index (κ1) is 12.6. The lowest BCUT2D eigenvalue weighted by molar-refractivity contribution is 1.58. The van der Waals surface area contributed by atoms with Gasteiger partial charge in [0.05, 0.1) is 10.2 Å². The SMILES string of the molecule is c1ccc2c(c1)ccc1[nH]c3c(ccc4c5ccccc5sc43)c12. The molecule has 0 atom stereocenters. The van der Waals surface area contributed by atoms with Crippen molar-refractivity contribution in [1.82, 2.24) is 4.98 Å². The largest absolute Gasteiger partial charge is 0.353 e. The quantitative estimate of drug-likeness (QED) is 0.315. The van der Waals surface area contributed by atoms with Gasteiger partial charge >= 0.3 is 0 Å². The van der Waals surface area contributed by atoms with Crippen LogP contribution in [-0.4, -0.2) is 4.98 Å². The molecule has 0 aliphatic heterocycles. The minimum atomic E-state index is 1.22. The Hall–Kier alpha value is -2.84. The molecular weight excluding hydrogens is 310 g/mol. The molecule has 2 aromatic heterocycles. The molecule has 0 aliphatic carbocycles. The third-order valence-corrected chi connectivity index (χ3v) is 6.21. The molecule has 6 aromatic rings. The van der Waals surface area contributed by atoms with E-state index in [0.29, 0.717) is 0 Å². The van der Waals surface area contributed by atoms with Gasteiger partial charge in [0.1, 0.15) is 0 Å². The van der Waals surface area contributed by atoms with Crippen molar-refractivity contribution >= 4 is 64.1 Å². The standard InChI is InChI=1S/C22H13NS/c1-2-6-14-13(5-1)9-12-18-20(14)17-11-10-16-15-7-3-4-8-19(15)24-22(16)21(17)23-18/h1-12,23H. The van der Waals surface area contributed by atoms with Crippen LogP contribution in [0.15, 0.2) is 72.8 Å². The van der Waals surface area contributed by atoms with Gasteiger partial charge in [0.2, 0.25) is 0 Å². The second-order valence-electron chi connectivity index (χ2n) is 6.30. The van der Waals surface area contributed by atoms with Crippen molar-refractivity contribution in [2.45, 2.75) is 0 Å². The number of aromatic amines is 1. The zero-order valence-corrected chi connectivity index (χ0v) is 13.7. The van der Waals surface area contributed by atoms with Crippen LogP contribution in [0.5, 0.6) is 0 Å². The third kappa shape index (κ3) is 1.49. The van der Waals surface area contributed by atoms with E-state index in [0.717, 1.165) is 0 Å². The van der Waals surface area contributed by atoms with Crippen LogP contribution < -0.4 is 0 Å². The summed E-state index contributed by atoms with van der Waals surface area (Å²) >= 11 is 1.88. The summed E-state index contributed by atoms with van der Waals surface area (Å²) in [4.78, 5) is 3.68. The minimum Gasteiger partial charge on any atom is -0.353 e. The highest BCUT2D eigenvalue weighted by Gasteiger charge is 2.13. The van der Waals surface area contributed by atoms with E-state index in [1.54, 1.807) is 0 Å². The molecule has 112 valence electrons. The summed E-state index contributed by atoms with van der Waals surface area (Å²) in [6, 6.07) is 26.3. The van der Waals surface area contributed by atoms with E-state index in [9.17, 15) is 0 Å². The first-order chi connectivity index (χ1) is 11.9. The van der Waals surface area contributed by atoms with Gasteiger partial charge in [0, 0.05) is 31.8 Å². The Bertz CT molecular complexity index is 1400. The summed E-state index contributed by atoms with van der Waals surface area (Å²) in [5, 5.41) is 7.97. The summed E-state index contributed by atoms with van der Waals surface area (Å²) in [5.41, 5.74) is 2.48. The number of benzene rings is 4. The zero-order chi connectivity index (χ0) is 15.7. The Labute approximate surface area is 142 Å². The second-order valence-corrected chi connectivity index (χ2v) is 7.35. The van der Waals surface area contributed by atoms with Crippen molar-refractivity contribution in [3.63, 3.8) is 0 Å². The predicted molar refractivity (Wildman–Crippen MR) is 106 cm³/mol. The maximum Gasteiger partial charge on any atom is 0.0646 e. The maximum absolute atomic E-state index is 3.68. The highest BCUT2D eigenvalue weighted by atomic mass is 32.1. The summed E-state index contributed by atoms with van der Waals surface area (Å²) in [7, 11) is 0. The molecule has 2 heterocycles. The first-order valence-electron chi connectivity index (χ1n) is 8.13. The van der Waals surface area contributed by atoms with Crippen molar-refractivity contribution in [1.29, 1.82) is 0 Å². The van der Waals surface area contributed by atoms with Crippen molar-refractivity contribution in [3.05, 3.63) is 72.8 Å². The van der Waals surface area contributed by atoms with Gasteiger partial charge in [-0.15, -0.1) is 11.3 Å². The van der Waals surface area contributed by atoms with Crippen LogP contribution in [0.25, 0.3) is 52.8 Å². The lowest BCUT2D eigenvalue weighted by atomic mass is 10.0. The molecule has 0 aliphatic rings. The fourth-order valence-electron chi connectivity index (χ4n) is 3.92. The van der Waals surface area contributed by atoms with Gasteiger partial charge in [-0.1, -0.05) is 60.7 Å². The highest BCUT2D eigenvalue weighted by Crippen LogP contribution is 2.41. The summed E-state index contributed by atoms with van der Waals surface area (Å²) in [6.07, 6.45) is 0. The molecule has 0 amide bonds. The van der Waals surface area contributed by atoms with Crippen LogP contribution in [-0.2, 0) is 0 Å². The molecule has 4 aromatic carbocycles. The summed E-state index contributed by atoms with van der Waals surface area (Å²) in [6.45, 7) is 0. The zero-order valence-electron chi connectivity index (χ0n) is 12.8. The topological polar surface area (TPSA) is 15.8 Å². The number of rotatable bonds is 0. The molecule has 0 unspecified atom stereocenters. The predicted octanol–water partition coefficient (Wildman–Crippen LogP) is 6.84. The van der Waals surface area contributed by atoms with Crippen LogP contribution in [0, 0.1) is 0 Å². The molecule has 0 saturated heterocycles. The van der Waals surface area contributed by atoms with Gasteiger partial charge < -0.3 is 4.98 Å². The highest BCUT2D eigenvalue weighted by molar-refractivity contribution is 7.26. The molecule has 0 bridgehead atoms. The van der Waals surface area contributed by atoms with Gasteiger partial charge in [0.15, 0.2) is 0 Å². The lowest BCUT2D eigenvalue weighted by Crippen LogP contribution is -1.73.